The third-order valence-electron chi connectivity index (χ3n) is 3.01. The minimum atomic E-state index is -0.275. The van der Waals surface area contributed by atoms with Gasteiger partial charge in [-0.05, 0) is 11.1 Å². The first-order chi connectivity index (χ1) is 8.09. The van der Waals surface area contributed by atoms with Crippen LogP contribution in [0, 0.1) is 0 Å². The summed E-state index contributed by atoms with van der Waals surface area (Å²) in [5, 5.41) is -0.275. The second kappa shape index (κ2) is 4.79. The zero-order valence-corrected chi connectivity index (χ0v) is 10.4. The fraction of sp³-hybridized carbons (Fsp3) is 0.250. The molecule has 0 fully saturated rings. The van der Waals surface area contributed by atoms with E-state index in [4.69, 9.17) is 7.85 Å². The first kappa shape index (κ1) is 12.0. The van der Waals surface area contributed by atoms with E-state index in [9.17, 15) is 0 Å². The van der Waals surface area contributed by atoms with E-state index in [2.05, 4.69) is 62.4 Å². The molecule has 2 aromatic carbocycles. The quantitative estimate of drug-likeness (QED) is 0.680. The van der Waals surface area contributed by atoms with E-state index >= 15 is 0 Å². The predicted octanol–water partition coefficient (Wildman–Crippen LogP) is 4.19. The molecule has 1 heteroatoms. The maximum absolute atomic E-state index is 6.34. The second-order valence-electron chi connectivity index (χ2n) is 5.08. The van der Waals surface area contributed by atoms with Crippen LogP contribution in [-0.4, -0.2) is 7.85 Å². The molecule has 2 aromatic rings. The monoisotopic (exact) mass is 220 g/mol. The van der Waals surface area contributed by atoms with E-state index < -0.39 is 0 Å². The van der Waals surface area contributed by atoms with Crippen LogP contribution in [0.4, 0.5) is 0 Å². The normalized spacial score (nSPS) is 11.7. The molecule has 0 aliphatic carbocycles. The zero-order chi connectivity index (χ0) is 12.3. The molecule has 0 unspecified atom stereocenters. The van der Waals surface area contributed by atoms with Crippen LogP contribution in [0.1, 0.15) is 30.9 Å². The second-order valence-corrected chi connectivity index (χ2v) is 5.08. The Bertz CT molecular complexity index is 414. The molecule has 0 saturated carbocycles. The maximum atomic E-state index is 6.34. The minimum absolute atomic E-state index is 0.227. The summed E-state index contributed by atoms with van der Waals surface area (Å²) in [6.45, 7) is 4.16. The van der Waals surface area contributed by atoms with E-state index in [0.717, 1.165) is 0 Å². The Morgan fingerprint density at radius 2 is 1.12 bits per heavy atom. The van der Waals surface area contributed by atoms with Gasteiger partial charge in [0.2, 0.25) is 0 Å². The van der Waals surface area contributed by atoms with Gasteiger partial charge in [-0.1, -0.05) is 79.8 Å². The van der Waals surface area contributed by atoms with Crippen LogP contribution in [0.3, 0.4) is 0 Å². The zero-order valence-electron chi connectivity index (χ0n) is 10.4. The van der Waals surface area contributed by atoms with Crippen molar-refractivity contribution in [1.29, 1.82) is 0 Å². The molecule has 0 saturated heterocycles. The smallest absolute Gasteiger partial charge is 0.0670 e. The van der Waals surface area contributed by atoms with Crippen LogP contribution < -0.4 is 0 Å². The van der Waals surface area contributed by atoms with Gasteiger partial charge in [0.25, 0.3) is 0 Å². The lowest BCUT2D eigenvalue weighted by Crippen LogP contribution is -2.16. The van der Waals surface area contributed by atoms with Crippen LogP contribution in [-0.2, 0) is 0 Å². The molecule has 2 rings (SSSR count). The van der Waals surface area contributed by atoms with E-state index in [-0.39, 0.29) is 11.2 Å². The van der Waals surface area contributed by atoms with Crippen molar-refractivity contribution in [3.63, 3.8) is 0 Å². The molecule has 17 heavy (non-hydrogen) atoms. The van der Waals surface area contributed by atoms with E-state index in [1.165, 1.54) is 11.1 Å². The van der Waals surface area contributed by atoms with E-state index in [1.54, 1.807) is 0 Å². The van der Waals surface area contributed by atoms with Crippen molar-refractivity contribution in [2.75, 3.05) is 0 Å². The highest BCUT2D eigenvalue weighted by Crippen LogP contribution is 2.43. The molecule has 0 heterocycles. The molecular formula is C16H17B. The van der Waals surface area contributed by atoms with Crippen molar-refractivity contribution in [2.24, 2.45) is 0 Å². The Labute approximate surface area is 105 Å². The van der Waals surface area contributed by atoms with Gasteiger partial charge in [-0.25, -0.2) is 0 Å². The summed E-state index contributed by atoms with van der Waals surface area (Å²) in [5.41, 5.74) is 2.54. The molecule has 0 spiro atoms. The predicted molar refractivity (Wildman–Crippen MR) is 74.5 cm³/mol. The van der Waals surface area contributed by atoms with Crippen molar-refractivity contribution in [2.45, 2.75) is 25.1 Å². The number of hydrogen-bond donors (Lipinski definition) is 0. The molecule has 84 valence electrons. The lowest BCUT2D eigenvalue weighted by atomic mass is 9.59. The van der Waals surface area contributed by atoms with Gasteiger partial charge < -0.3 is 0 Å². The number of rotatable bonds is 3. The molecule has 0 aromatic heterocycles. The van der Waals surface area contributed by atoms with Gasteiger partial charge in [-0.2, -0.15) is 0 Å². The average molecular weight is 220 g/mol. The van der Waals surface area contributed by atoms with Gasteiger partial charge in [-0.15, -0.1) is 0 Å². The summed E-state index contributed by atoms with van der Waals surface area (Å²) in [6.07, 6.45) is 0. The summed E-state index contributed by atoms with van der Waals surface area (Å²) in [6, 6.07) is 20.9. The average Bonchev–Trinajstić information content (AvgIpc) is 2.30. The van der Waals surface area contributed by atoms with Gasteiger partial charge in [0.05, 0.1) is 7.85 Å². The van der Waals surface area contributed by atoms with Crippen molar-refractivity contribution >= 4 is 7.85 Å². The van der Waals surface area contributed by atoms with E-state index in [1.807, 2.05) is 12.1 Å². The summed E-state index contributed by atoms with van der Waals surface area (Å²) in [5.74, 6) is 0.227. The van der Waals surface area contributed by atoms with Crippen molar-refractivity contribution in [3.8, 4) is 0 Å². The highest BCUT2D eigenvalue weighted by atomic mass is 14.3. The van der Waals surface area contributed by atoms with Gasteiger partial charge >= 0.3 is 0 Å². The molecule has 0 N–H and O–H groups in total. The van der Waals surface area contributed by atoms with Gasteiger partial charge in [0.1, 0.15) is 0 Å². The molecule has 2 radical (unpaired) electrons. The van der Waals surface area contributed by atoms with Crippen LogP contribution in [0.2, 0.25) is 5.31 Å². The Kier molecular flexibility index (Phi) is 3.37. The first-order valence-electron chi connectivity index (χ1n) is 5.98. The number of benzene rings is 2. The Morgan fingerprint density at radius 3 is 1.41 bits per heavy atom. The standard InChI is InChI=1S/C16H17B/c1-16(2,17)15(13-9-5-3-6-10-13)14-11-7-4-8-12-14/h3-12,15H,1-2H3. The molecule has 0 amide bonds. The molecule has 0 aliphatic heterocycles. The highest BCUT2D eigenvalue weighted by Gasteiger charge is 2.26. The molecular weight excluding hydrogens is 203 g/mol. The van der Waals surface area contributed by atoms with Crippen LogP contribution in [0.5, 0.6) is 0 Å². The Balaban J connectivity index is 2.48. The molecule has 0 atom stereocenters. The third-order valence-corrected chi connectivity index (χ3v) is 3.01. The van der Waals surface area contributed by atoms with E-state index in [0.29, 0.717) is 0 Å². The lowest BCUT2D eigenvalue weighted by molar-refractivity contribution is 0.590. The lowest BCUT2D eigenvalue weighted by Gasteiger charge is -2.32. The maximum Gasteiger partial charge on any atom is 0.0751 e. The van der Waals surface area contributed by atoms with Crippen molar-refractivity contribution in [3.05, 3.63) is 71.8 Å². The molecule has 0 bridgehead atoms. The van der Waals surface area contributed by atoms with Crippen LogP contribution >= 0.6 is 0 Å². The third kappa shape index (κ3) is 2.79. The summed E-state index contributed by atoms with van der Waals surface area (Å²) < 4.78 is 0. The minimum Gasteiger partial charge on any atom is -0.0670 e. The van der Waals surface area contributed by atoms with Crippen LogP contribution in [0.15, 0.2) is 60.7 Å². The van der Waals surface area contributed by atoms with Crippen molar-refractivity contribution < 1.29 is 0 Å². The van der Waals surface area contributed by atoms with Gasteiger partial charge in [0.15, 0.2) is 0 Å². The number of hydrogen-bond acceptors (Lipinski definition) is 0. The largest absolute Gasteiger partial charge is 0.0751 e. The Morgan fingerprint density at radius 1 is 0.765 bits per heavy atom. The summed E-state index contributed by atoms with van der Waals surface area (Å²) in [7, 11) is 6.34. The topological polar surface area (TPSA) is 0 Å². The fourth-order valence-corrected chi connectivity index (χ4v) is 2.34. The van der Waals surface area contributed by atoms with Crippen LogP contribution in [0.25, 0.3) is 0 Å². The van der Waals surface area contributed by atoms with Crippen molar-refractivity contribution in [1.82, 2.24) is 0 Å². The summed E-state index contributed by atoms with van der Waals surface area (Å²) >= 11 is 0. The molecule has 0 aliphatic rings. The van der Waals surface area contributed by atoms with Gasteiger partial charge in [0, 0.05) is 5.92 Å². The van der Waals surface area contributed by atoms with Gasteiger partial charge in [-0.3, -0.25) is 0 Å². The summed E-state index contributed by atoms with van der Waals surface area (Å²) in [4.78, 5) is 0. The highest BCUT2D eigenvalue weighted by molar-refractivity contribution is 6.15. The first-order valence-corrected chi connectivity index (χ1v) is 5.98. The Hall–Kier alpha value is -1.50. The SMILES string of the molecule is [B]C(C)(C)C(c1ccccc1)c1ccccc1. The fourth-order valence-electron chi connectivity index (χ4n) is 2.34. The molecule has 0 nitrogen and oxygen atoms in total.